The molecular weight excluding hydrogens is 320 g/mol. The summed E-state index contributed by atoms with van der Waals surface area (Å²) < 4.78 is 5.28. The van der Waals surface area contributed by atoms with E-state index in [9.17, 15) is 9.59 Å². The summed E-state index contributed by atoms with van der Waals surface area (Å²) in [7, 11) is 0. The van der Waals surface area contributed by atoms with Gasteiger partial charge in [-0.2, -0.15) is 0 Å². The lowest BCUT2D eigenvalue weighted by Crippen LogP contribution is -2.52. The molecule has 2 saturated heterocycles. The molecule has 0 aromatic heterocycles. The monoisotopic (exact) mass is 346 g/mol. The Balaban J connectivity index is 1.42. The summed E-state index contributed by atoms with van der Waals surface area (Å²) in [6.07, 6.45) is 0.396. The van der Waals surface area contributed by atoms with Gasteiger partial charge in [0.15, 0.2) is 0 Å². The highest BCUT2D eigenvalue weighted by Crippen LogP contribution is 2.10. The van der Waals surface area contributed by atoms with Crippen molar-refractivity contribution in [1.82, 2.24) is 14.7 Å². The Hall–Kier alpha value is -2.12. The number of morpholine rings is 1. The molecule has 0 atom stereocenters. The van der Waals surface area contributed by atoms with Crippen LogP contribution in [0.1, 0.15) is 5.56 Å². The van der Waals surface area contributed by atoms with Crippen LogP contribution < -0.4 is 5.73 Å². The molecule has 0 aliphatic carbocycles. The highest BCUT2D eigenvalue weighted by atomic mass is 16.5. The van der Waals surface area contributed by atoms with Gasteiger partial charge in [0.05, 0.1) is 26.2 Å². The summed E-state index contributed by atoms with van der Waals surface area (Å²) in [5, 5.41) is 0. The number of piperazine rings is 1. The Morgan fingerprint density at radius 3 is 2.12 bits per heavy atom. The van der Waals surface area contributed by atoms with Crippen molar-refractivity contribution in [3.8, 4) is 0 Å². The number of carbonyl (C=O) groups excluding carboxylic acids is 2. The average Bonchev–Trinajstić information content (AvgIpc) is 2.65. The normalized spacial score (nSPS) is 19.0. The number of hydrogen-bond donors (Lipinski definition) is 1. The van der Waals surface area contributed by atoms with Crippen LogP contribution in [0.25, 0.3) is 0 Å². The van der Waals surface area contributed by atoms with Gasteiger partial charge in [-0.1, -0.05) is 12.1 Å². The Labute approximate surface area is 148 Å². The van der Waals surface area contributed by atoms with E-state index in [1.54, 1.807) is 0 Å². The molecule has 7 nitrogen and oxygen atoms in total. The van der Waals surface area contributed by atoms with Gasteiger partial charge in [0.1, 0.15) is 0 Å². The van der Waals surface area contributed by atoms with Crippen LogP contribution in [-0.2, 0) is 20.7 Å². The lowest BCUT2D eigenvalue weighted by molar-refractivity contribution is -0.137. The Kier molecular flexibility index (Phi) is 5.88. The van der Waals surface area contributed by atoms with E-state index in [1.165, 1.54) is 0 Å². The number of hydrogen-bond acceptors (Lipinski definition) is 5. The highest BCUT2D eigenvalue weighted by Gasteiger charge is 2.24. The summed E-state index contributed by atoms with van der Waals surface area (Å²) in [5.74, 6) is 0.286. The van der Waals surface area contributed by atoms with Crippen LogP contribution in [0.15, 0.2) is 24.3 Å². The van der Waals surface area contributed by atoms with Gasteiger partial charge in [-0.15, -0.1) is 0 Å². The smallest absolute Gasteiger partial charge is 0.236 e. The van der Waals surface area contributed by atoms with Gasteiger partial charge in [0, 0.05) is 45.0 Å². The van der Waals surface area contributed by atoms with Gasteiger partial charge in [0.25, 0.3) is 0 Å². The predicted octanol–water partition coefficient (Wildman–Crippen LogP) is -0.186. The van der Waals surface area contributed by atoms with Crippen molar-refractivity contribution in [2.45, 2.75) is 6.42 Å². The van der Waals surface area contributed by atoms with Crippen molar-refractivity contribution in [2.24, 2.45) is 0 Å². The van der Waals surface area contributed by atoms with Gasteiger partial charge in [-0.05, 0) is 17.7 Å². The van der Waals surface area contributed by atoms with Crippen LogP contribution >= 0.6 is 0 Å². The summed E-state index contributed by atoms with van der Waals surface area (Å²) in [4.78, 5) is 30.6. The van der Waals surface area contributed by atoms with Crippen LogP contribution in [0.5, 0.6) is 0 Å². The molecule has 25 heavy (non-hydrogen) atoms. The van der Waals surface area contributed by atoms with Gasteiger partial charge in [-0.25, -0.2) is 0 Å². The first-order valence-electron chi connectivity index (χ1n) is 8.82. The summed E-state index contributed by atoms with van der Waals surface area (Å²) >= 11 is 0. The maximum Gasteiger partial charge on any atom is 0.236 e. The number of nitrogens with two attached hydrogens (primary N) is 1. The molecule has 2 heterocycles. The van der Waals surface area contributed by atoms with Crippen LogP contribution in [0.4, 0.5) is 5.69 Å². The topological polar surface area (TPSA) is 79.1 Å². The molecule has 0 saturated carbocycles. The highest BCUT2D eigenvalue weighted by molar-refractivity contribution is 5.79. The van der Waals surface area contributed by atoms with Crippen LogP contribution in [-0.4, -0.2) is 85.5 Å². The fourth-order valence-electron chi connectivity index (χ4n) is 3.18. The fraction of sp³-hybridized carbons (Fsp3) is 0.556. The van der Waals surface area contributed by atoms with Crippen molar-refractivity contribution >= 4 is 17.5 Å². The van der Waals surface area contributed by atoms with Crippen molar-refractivity contribution in [2.75, 3.05) is 64.8 Å². The second-order valence-electron chi connectivity index (χ2n) is 6.57. The van der Waals surface area contributed by atoms with E-state index in [2.05, 4.69) is 4.90 Å². The number of carbonyl (C=O) groups is 2. The molecule has 0 radical (unpaired) electrons. The maximum atomic E-state index is 12.4. The molecule has 2 N–H and O–H groups in total. The maximum absolute atomic E-state index is 12.4. The van der Waals surface area contributed by atoms with Crippen molar-refractivity contribution in [3.63, 3.8) is 0 Å². The molecule has 0 spiro atoms. The predicted molar refractivity (Wildman–Crippen MR) is 95.0 cm³/mol. The minimum Gasteiger partial charge on any atom is -0.399 e. The first kappa shape index (κ1) is 17.7. The van der Waals surface area contributed by atoms with Gasteiger partial charge in [0.2, 0.25) is 11.8 Å². The second-order valence-corrected chi connectivity index (χ2v) is 6.57. The van der Waals surface area contributed by atoms with Crippen LogP contribution in [0.3, 0.4) is 0 Å². The molecule has 2 aliphatic heterocycles. The van der Waals surface area contributed by atoms with E-state index in [0.29, 0.717) is 58.0 Å². The third kappa shape index (κ3) is 4.93. The summed E-state index contributed by atoms with van der Waals surface area (Å²) in [6, 6.07) is 7.42. The molecular formula is C18H26N4O3. The lowest BCUT2D eigenvalue weighted by atomic mass is 10.1. The number of benzene rings is 1. The Bertz CT molecular complexity index is 591. The Morgan fingerprint density at radius 2 is 1.48 bits per heavy atom. The second kappa shape index (κ2) is 8.31. The van der Waals surface area contributed by atoms with E-state index in [1.807, 2.05) is 34.1 Å². The number of amides is 2. The number of ether oxygens (including phenoxy) is 1. The van der Waals surface area contributed by atoms with Gasteiger partial charge >= 0.3 is 0 Å². The first-order chi connectivity index (χ1) is 12.1. The van der Waals surface area contributed by atoms with Gasteiger partial charge in [-0.3, -0.25) is 14.5 Å². The van der Waals surface area contributed by atoms with Crippen molar-refractivity contribution in [1.29, 1.82) is 0 Å². The zero-order chi connectivity index (χ0) is 17.6. The van der Waals surface area contributed by atoms with Gasteiger partial charge < -0.3 is 20.3 Å². The first-order valence-corrected chi connectivity index (χ1v) is 8.82. The lowest BCUT2D eigenvalue weighted by Gasteiger charge is -2.36. The van der Waals surface area contributed by atoms with E-state index in [4.69, 9.17) is 10.5 Å². The standard InChI is InChI=1S/C18H26N4O3/c19-16-3-1-15(2-4-16)13-17(23)21-7-5-20(6-8-21)14-18(24)22-9-11-25-12-10-22/h1-4H,5-14,19H2. The number of nitrogen functional groups attached to an aromatic ring is 1. The van der Waals surface area contributed by atoms with E-state index >= 15 is 0 Å². The summed E-state index contributed by atoms with van der Waals surface area (Å²) in [5.41, 5.74) is 7.35. The third-order valence-electron chi connectivity index (χ3n) is 4.78. The minimum atomic E-state index is 0.129. The van der Waals surface area contributed by atoms with Crippen LogP contribution in [0.2, 0.25) is 0 Å². The molecule has 3 rings (SSSR count). The molecule has 1 aromatic carbocycles. The molecule has 2 fully saturated rings. The molecule has 136 valence electrons. The molecule has 7 heteroatoms. The molecule has 2 amide bonds. The number of anilines is 1. The molecule has 1 aromatic rings. The van der Waals surface area contributed by atoms with Crippen molar-refractivity contribution < 1.29 is 14.3 Å². The largest absolute Gasteiger partial charge is 0.399 e. The molecule has 0 bridgehead atoms. The molecule has 2 aliphatic rings. The Morgan fingerprint density at radius 1 is 0.880 bits per heavy atom. The van der Waals surface area contributed by atoms with E-state index in [-0.39, 0.29) is 11.8 Å². The zero-order valence-corrected chi connectivity index (χ0v) is 14.5. The average molecular weight is 346 g/mol. The fourth-order valence-corrected chi connectivity index (χ4v) is 3.18. The third-order valence-corrected chi connectivity index (χ3v) is 4.78. The van der Waals surface area contributed by atoms with E-state index in [0.717, 1.165) is 18.7 Å². The quantitative estimate of drug-likeness (QED) is 0.765. The summed E-state index contributed by atoms with van der Waals surface area (Å²) in [6.45, 7) is 5.86. The molecule has 0 unspecified atom stereocenters. The minimum absolute atomic E-state index is 0.129. The SMILES string of the molecule is Nc1ccc(CC(=O)N2CCN(CC(=O)N3CCOCC3)CC2)cc1. The van der Waals surface area contributed by atoms with E-state index < -0.39 is 0 Å². The zero-order valence-electron chi connectivity index (χ0n) is 14.5. The van der Waals surface area contributed by atoms with Crippen LogP contribution in [0, 0.1) is 0 Å². The number of rotatable bonds is 4. The van der Waals surface area contributed by atoms with Crippen molar-refractivity contribution in [3.05, 3.63) is 29.8 Å². The number of nitrogens with zero attached hydrogens (tertiary/aromatic N) is 3.